The van der Waals surface area contributed by atoms with Crippen LogP contribution < -0.4 is 5.32 Å². The molecule has 202 valence electrons. The summed E-state index contributed by atoms with van der Waals surface area (Å²) in [5, 5.41) is 6.60. The van der Waals surface area contributed by atoms with Gasteiger partial charge in [-0.05, 0) is 77.5 Å². The largest absolute Gasteiger partial charge is 0.342 e. The number of benzene rings is 1. The Morgan fingerprint density at radius 2 is 1.82 bits per heavy atom. The number of likely N-dealkylation sites (tertiary alicyclic amines) is 1. The van der Waals surface area contributed by atoms with Gasteiger partial charge in [-0.25, -0.2) is 13.8 Å². The van der Waals surface area contributed by atoms with Crippen LogP contribution in [0.1, 0.15) is 55.2 Å². The maximum atomic E-state index is 13.5. The zero-order valence-corrected chi connectivity index (χ0v) is 22.4. The third-order valence-corrected chi connectivity index (χ3v) is 6.02. The number of imidazole rings is 1. The molecular weight excluding hydrogens is 490 g/mol. The molecule has 0 aliphatic carbocycles. The fourth-order valence-electron chi connectivity index (χ4n) is 3.68. The first kappa shape index (κ1) is 28.6. The maximum absolute atomic E-state index is 13.5. The highest BCUT2D eigenvalue weighted by Crippen LogP contribution is 2.28. The van der Waals surface area contributed by atoms with Crippen molar-refractivity contribution < 1.29 is 18.1 Å². The predicted octanol–water partition coefficient (Wildman–Crippen LogP) is 6.35. The van der Waals surface area contributed by atoms with Crippen molar-refractivity contribution >= 4 is 17.2 Å². The van der Waals surface area contributed by atoms with Gasteiger partial charge in [0.05, 0.1) is 6.20 Å². The fraction of sp³-hybridized carbons (Fsp3) is 0.357. The van der Waals surface area contributed by atoms with Crippen LogP contribution in [0, 0.1) is 6.92 Å². The number of aryl methyl sites for hydroxylation is 1. The lowest BCUT2D eigenvalue weighted by atomic mass is 10.1. The van der Waals surface area contributed by atoms with Crippen molar-refractivity contribution in [3.05, 3.63) is 78.1 Å². The number of hydrogen-bond acceptors (Lipinski definition) is 6. The average Bonchev–Trinajstić information content (AvgIpc) is 3.67. The van der Waals surface area contributed by atoms with Crippen LogP contribution in [0.5, 0.6) is 0 Å². The quantitative estimate of drug-likeness (QED) is 0.313. The summed E-state index contributed by atoms with van der Waals surface area (Å²) in [6.45, 7) is 9.30. The number of allylic oxidation sites excluding steroid dienone is 2. The Balaban J connectivity index is 0.000000338. The van der Waals surface area contributed by atoms with Crippen molar-refractivity contribution in [2.75, 3.05) is 25.5 Å². The van der Waals surface area contributed by atoms with Crippen LogP contribution in [0.2, 0.25) is 0 Å². The number of carbonyl (C=O) groups is 1. The van der Waals surface area contributed by atoms with Crippen molar-refractivity contribution in [3.8, 4) is 11.4 Å². The minimum atomic E-state index is -2.98. The highest BCUT2D eigenvalue weighted by molar-refractivity contribution is 6.04. The summed E-state index contributed by atoms with van der Waals surface area (Å²) >= 11 is 0. The summed E-state index contributed by atoms with van der Waals surface area (Å²) in [7, 11) is 2.17. The van der Waals surface area contributed by atoms with E-state index < -0.39 is 11.8 Å². The molecule has 1 amide bonds. The molecule has 0 atom stereocenters. The summed E-state index contributed by atoms with van der Waals surface area (Å²) in [5.74, 6) is -3.00. The third-order valence-electron chi connectivity index (χ3n) is 6.02. The fourth-order valence-corrected chi connectivity index (χ4v) is 3.68. The molecule has 1 aliphatic heterocycles. The number of aromatic nitrogens is 4. The van der Waals surface area contributed by atoms with E-state index in [-0.39, 0.29) is 16.9 Å². The van der Waals surface area contributed by atoms with E-state index in [0.29, 0.717) is 17.1 Å². The molecule has 1 saturated heterocycles. The van der Waals surface area contributed by atoms with Gasteiger partial charge in [-0.15, -0.1) is 0 Å². The predicted molar refractivity (Wildman–Crippen MR) is 144 cm³/mol. The topological polar surface area (TPSA) is 88.6 Å². The molecule has 0 saturated carbocycles. The molecule has 0 bridgehead atoms. The molecule has 1 N–H and O–H groups in total. The zero-order valence-electron chi connectivity index (χ0n) is 22.4. The molecular formula is C28H34F2N6O2. The smallest absolute Gasteiger partial charge is 0.274 e. The summed E-state index contributed by atoms with van der Waals surface area (Å²) in [6.07, 6.45) is 10.8. The van der Waals surface area contributed by atoms with E-state index >= 15 is 0 Å². The van der Waals surface area contributed by atoms with Gasteiger partial charge < -0.3 is 14.7 Å². The molecule has 0 radical (unpaired) electrons. The van der Waals surface area contributed by atoms with E-state index in [1.54, 1.807) is 6.07 Å². The number of anilines is 1. The van der Waals surface area contributed by atoms with Gasteiger partial charge >= 0.3 is 0 Å². The Morgan fingerprint density at radius 3 is 2.37 bits per heavy atom. The number of pyridine rings is 1. The molecule has 3 aromatic heterocycles. The Morgan fingerprint density at radius 1 is 1.11 bits per heavy atom. The van der Waals surface area contributed by atoms with Crippen LogP contribution in [0.25, 0.3) is 17.0 Å². The Kier molecular flexibility index (Phi) is 9.84. The van der Waals surface area contributed by atoms with E-state index in [4.69, 9.17) is 4.52 Å². The Labute approximate surface area is 221 Å². The first-order chi connectivity index (χ1) is 18.1. The van der Waals surface area contributed by atoms with Gasteiger partial charge in [-0.1, -0.05) is 29.4 Å². The molecule has 4 heterocycles. The zero-order chi connectivity index (χ0) is 27.7. The van der Waals surface area contributed by atoms with E-state index in [2.05, 4.69) is 32.4 Å². The normalized spacial score (nSPS) is 13.7. The van der Waals surface area contributed by atoms with Crippen LogP contribution in [-0.2, 0) is 5.92 Å². The number of hydrogen-bond donors (Lipinski definition) is 1. The molecule has 38 heavy (non-hydrogen) atoms. The summed E-state index contributed by atoms with van der Waals surface area (Å²) in [5.41, 5.74) is 2.41. The average molecular weight is 525 g/mol. The van der Waals surface area contributed by atoms with Crippen molar-refractivity contribution in [1.29, 1.82) is 0 Å². The second kappa shape index (κ2) is 13.0. The number of nitrogens with one attached hydrogen (secondary N) is 1. The second-order valence-corrected chi connectivity index (χ2v) is 9.09. The van der Waals surface area contributed by atoms with Gasteiger partial charge in [-0.3, -0.25) is 9.20 Å². The molecule has 8 nitrogen and oxygen atoms in total. The lowest BCUT2D eigenvalue weighted by Crippen LogP contribution is -2.15. The molecule has 4 aromatic rings. The minimum Gasteiger partial charge on any atom is -0.342 e. The second-order valence-electron chi connectivity index (χ2n) is 9.09. The van der Waals surface area contributed by atoms with E-state index in [0.717, 1.165) is 12.5 Å². The van der Waals surface area contributed by atoms with Crippen molar-refractivity contribution in [1.82, 2.24) is 24.4 Å². The molecule has 1 aromatic carbocycles. The molecule has 0 spiro atoms. The van der Waals surface area contributed by atoms with Crippen molar-refractivity contribution in [3.63, 3.8) is 0 Å². The number of nitrogens with zero attached hydrogens (tertiary/aromatic N) is 5. The van der Waals surface area contributed by atoms with Crippen molar-refractivity contribution in [2.45, 2.75) is 46.5 Å². The monoisotopic (exact) mass is 524 g/mol. The number of alkyl halides is 2. The number of rotatable bonds is 4. The van der Waals surface area contributed by atoms with E-state index in [9.17, 15) is 13.6 Å². The lowest BCUT2D eigenvalue weighted by Gasteiger charge is -2.11. The summed E-state index contributed by atoms with van der Waals surface area (Å²) in [6, 6.07) is 7.91. The molecule has 5 rings (SSSR count). The van der Waals surface area contributed by atoms with Crippen molar-refractivity contribution in [2.24, 2.45) is 0 Å². The molecule has 10 heteroatoms. The van der Waals surface area contributed by atoms with Crippen LogP contribution in [-0.4, -0.2) is 50.5 Å². The maximum Gasteiger partial charge on any atom is 0.274 e. The van der Waals surface area contributed by atoms with Gasteiger partial charge in [0, 0.05) is 29.9 Å². The van der Waals surface area contributed by atoms with Crippen LogP contribution >= 0.6 is 0 Å². The van der Waals surface area contributed by atoms with Crippen LogP contribution in [0.15, 0.2) is 65.8 Å². The minimum absolute atomic E-state index is 0.166. The van der Waals surface area contributed by atoms with Gasteiger partial charge in [0.15, 0.2) is 0 Å². The Bertz CT molecular complexity index is 1350. The molecule has 1 aliphatic rings. The van der Waals surface area contributed by atoms with Crippen LogP contribution in [0.4, 0.5) is 14.5 Å². The van der Waals surface area contributed by atoms with Gasteiger partial charge in [0.2, 0.25) is 12.2 Å². The number of halogens is 2. The first-order valence-electron chi connectivity index (χ1n) is 12.4. The standard InChI is InChI=1S/C19H15F2N5O2.C5H11N.C4H8/c1-11-3-4-12(17-23-10-28-25-17)7-14(11)24-18(27)15-9-22-16-8-13(19(2,20)21)5-6-26(15)16;1-6-4-2-3-5-6;1-3-4-2/h3-10H,1-2H3,(H,24,27);2-5H2,1H3;3-4H,1-2H3/b;;4-3+. The number of amides is 1. The highest BCUT2D eigenvalue weighted by Gasteiger charge is 2.25. The number of carbonyl (C=O) groups excluding carboxylic acids is 1. The van der Waals surface area contributed by atoms with Crippen LogP contribution in [0.3, 0.4) is 0 Å². The summed E-state index contributed by atoms with van der Waals surface area (Å²) in [4.78, 5) is 23.2. The van der Waals surface area contributed by atoms with Gasteiger partial charge in [-0.2, -0.15) is 4.98 Å². The van der Waals surface area contributed by atoms with Gasteiger partial charge in [0.1, 0.15) is 11.3 Å². The molecule has 1 fully saturated rings. The Hall–Kier alpha value is -3.92. The third kappa shape index (κ3) is 7.55. The number of fused-ring (bicyclic) bond motifs is 1. The van der Waals surface area contributed by atoms with E-state index in [1.807, 2.05) is 45.1 Å². The highest BCUT2D eigenvalue weighted by atomic mass is 19.3. The van der Waals surface area contributed by atoms with E-state index in [1.165, 1.54) is 61.3 Å². The summed E-state index contributed by atoms with van der Waals surface area (Å²) < 4.78 is 33.2. The van der Waals surface area contributed by atoms with Gasteiger partial charge in [0.25, 0.3) is 11.8 Å². The SMILES string of the molecule is C/C=C/C.CN1CCCC1.Cc1ccc(-c2ncon2)cc1NC(=O)c1cnc2cc(C(C)(F)F)ccn12. The molecule has 0 unspecified atom stereocenters. The lowest BCUT2D eigenvalue weighted by molar-refractivity contribution is 0.0175. The first-order valence-corrected chi connectivity index (χ1v) is 12.4.